The maximum Gasteiger partial charge on any atom is 0.0547 e. The standard InChI is InChI=1S/C13H24N4/c1-5-15-12-8-13(10-14-9-12)16-6-7-17(4)11(2)3/h8-11,15-16H,5-7H2,1-4H3. The average molecular weight is 236 g/mol. The largest absolute Gasteiger partial charge is 0.384 e. The molecule has 0 unspecified atom stereocenters. The Morgan fingerprint density at radius 2 is 1.88 bits per heavy atom. The molecule has 0 saturated carbocycles. The third kappa shape index (κ3) is 5.04. The van der Waals surface area contributed by atoms with E-state index < -0.39 is 0 Å². The quantitative estimate of drug-likeness (QED) is 0.762. The highest BCUT2D eigenvalue weighted by Gasteiger charge is 2.02. The molecule has 0 amide bonds. The summed E-state index contributed by atoms with van der Waals surface area (Å²) in [5.41, 5.74) is 2.13. The summed E-state index contributed by atoms with van der Waals surface area (Å²) in [5.74, 6) is 0. The van der Waals surface area contributed by atoms with Crippen LogP contribution in [0.15, 0.2) is 18.5 Å². The van der Waals surface area contributed by atoms with Crippen molar-refractivity contribution in [1.82, 2.24) is 9.88 Å². The van der Waals surface area contributed by atoms with E-state index in [-0.39, 0.29) is 0 Å². The summed E-state index contributed by atoms with van der Waals surface area (Å²) < 4.78 is 0. The second-order valence-electron chi connectivity index (χ2n) is 4.49. The number of hydrogen-bond acceptors (Lipinski definition) is 4. The maximum absolute atomic E-state index is 4.20. The third-order valence-electron chi connectivity index (χ3n) is 2.79. The van der Waals surface area contributed by atoms with E-state index in [1.165, 1.54) is 0 Å². The maximum atomic E-state index is 4.20. The van der Waals surface area contributed by atoms with Gasteiger partial charge in [-0.1, -0.05) is 0 Å². The van der Waals surface area contributed by atoms with E-state index in [9.17, 15) is 0 Å². The van der Waals surface area contributed by atoms with Gasteiger partial charge in [0.15, 0.2) is 0 Å². The van der Waals surface area contributed by atoms with E-state index in [0.717, 1.165) is 31.0 Å². The number of pyridine rings is 1. The SMILES string of the molecule is CCNc1cncc(NCCN(C)C(C)C)c1. The molecule has 1 heterocycles. The fourth-order valence-corrected chi connectivity index (χ4v) is 1.47. The van der Waals surface area contributed by atoms with Gasteiger partial charge < -0.3 is 15.5 Å². The van der Waals surface area contributed by atoms with Crippen molar-refractivity contribution in [3.05, 3.63) is 18.5 Å². The Bertz CT molecular complexity index is 325. The van der Waals surface area contributed by atoms with Crippen molar-refractivity contribution in [2.24, 2.45) is 0 Å². The molecule has 1 rings (SSSR count). The fraction of sp³-hybridized carbons (Fsp3) is 0.615. The second-order valence-corrected chi connectivity index (χ2v) is 4.49. The Labute approximate surface area is 104 Å². The van der Waals surface area contributed by atoms with Crippen molar-refractivity contribution in [3.63, 3.8) is 0 Å². The Morgan fingerprint density at radius 3 is 2.47 bits per heavy atom. The third-order valence-corrected chi connectivity index (χ3v) is 2.79. The molecule has 4 heteroatoms. The van der Waals surface area contributed by atoms with Crippen molar-refractivity contribution >= 4 is 11.4 Å². The minimum Gasteiger partial charge on any atom is -0.384 e. The molecule has 4 nitrogen and oxygen atoms in total. The van der Waals surface area contributed by atoms with Crippen molar-refractivity contribution in [1.29, 1.82) is 0 Å². The van der Waals surface area contributed by atoms with Crippen LogP contribution in [-0.2, 0) is 0 Å². The van der Waals surface area contributed by atoms with Crippen LogP contribution in [0.5, 0.6) is 0 Å². The van der Waals surface area contributed by atoms with Gasteiger partial charge in [-0.2, -0.15) is 0 Å². The van der Waals surface area contributed by atoms with E-state index in [0.29, 0.717) is 6.04 Å². The van der Waals surface area contributed by atoms with Crippen molar-refractivity contribution in [2.75, 3.05) is 37.3 Å². The molecule has 0 fully saturated rings. The first-order valence-corrected chi connectivity index (χ1v) is 6.26. The van der Waals surface area contributed by atoms with Gasteiger partial charge in [0, 0.05) is 25.7 Å². The van der Waals surface area contributed by atoms with Gasteiger partial charge in [0.1, 0.15) is 0 Å². The van der Waals surface area contributed by atoms with Crippen LogP contribution in [0.4, 0.5) is 11.4 Å². The van der Waals surface area contributed by atoms with Gasteiger partial charge in [0.05, 0.1) is 23.8 Å². The molecule has 2 N–H and O–H groups in total. The molecule has 0 bridgehead atoms. The lowest BCUT2D eigenvalue weighted by Gasteiger charge is -2.21. The van der Waals surface area contributed by atoms with Gasteiger partial charge in [-0.15, -0.1) is 0 Å². The summed E-state index contributed by atoms with van der Waals surface area (Å²) in [5, 5.41) is 6.64. The summed E-state index contributed by atoms with van der Waals surface area (Å²) in [7, 11) is 2.14. The first-order valence-electron chi connectivity index (χ1n) is 6.26. The minimum atomic E-state index is 0.586. The van der Waals surface area contributed by atoms with Gasteiger partial charge in [-0.05, 0) is 33.9 Å². The number of nitrogens with one attached hydrogen (secondary N) is 2. The molecule has 0 radical (unpaired) electrons. The lowest BCUT2D eigenvalue weighted by Crippen LogP contribution is -2.31. The zero-order valence-electron chi connectivity index (χ0n) is 11.3. The van der Waals surface area contributed by atoms with Gasteiger partial charge in [-0.25, -0.2) is 0 Å². The first kappa shape index (κ1) is 13.8. The van der Waals surface area contributed by atoms with Crippen LogP contribution in [-0.4, -0.2) is 42.6 Å². The van der Waals surface area contributed by atoms with Crippen LogP contribution in [0.1, 0.15) is 20.8 Å². The van der Waals surface area contributed by atoms with Gasteiger partial charge >= 0.3 is 0 Å². The van der Waals surface area contributed by atoms with Crippen LogP contribution in [0.25, 0.3) is 0 Å². The van der Waals surface area contributed by atoms with Gasteiger partial charge in [0.25, 0.3) is 0 Å². The molecule has 0 atom stereocenters. The Balaban J connectivity index is 2.38. The number of rotatable bonds is 7. The molecular formula is C13H24N4. The number of aromatic nitrogens is 1. The predicted octanol–water partition coefficient (Wildman–Crippen LogP) is 2.27. The van der Waals surface area contributed by atoms with Crippen LogP contribution in [0.2, 0.25) is 0 Å². The van der Waals surface area contributed by atoms with E-state index in [1.54, 1.807) is 0 Å². The molecule has 17 heavy (non-hydrogen) atoms. The molecular weight excluding hydrogens is 212 g/mol. The normalized spacial score (nSPS) is 10.9. The molecule has 0 saturated heterocycles. The second kappa shape index (κ2) is 7.12. The van der Waals surface area contributed by atoms with E-state index >= 15 is 0 Å². The first-order chi connectivity index (χ1) is 8.13. The summed E-state index contributed by atoms with van der Waals surface area (Å²) >= 11 is 0. The topological polar surface area (TPSA) is 40.2 Å². The summed E-state index contributed by atoms with van der Waals surface area (Å²) in [6.07, 6.45) is 3.70. The smallest absolute Gasteiger partial charge is 0.0547 e. The van der Waals surface area contributed by atoms with E-state index in [4.69, 9.17) is 0 Å². The molecule has 96 valence electrons. The van der Waals surface area contributed by atoms with Crippen molar-refractivity contribution < 1.29 is 0 Å². The van der Waals surface area contributed by atoms with Gasteiger partial charge in [0.2, 0.25) is 0 Å². The molecule has 0 aromatic carbocycles. The zero-order valence-corrected chi connectivity index (χ0v) is 11.3. The zero-order chi connectivity index (χ0) is 12.7. The summed E-state index contributed by atoms with van der Waals surface area (Å²) in [4.78, 5) is 6.51. The minimum absolute atomic E-state index is 0.586. The van der Waals surface area contributed by atoms with Crippen LogP contribution < -0.4 is 10.6 Å². The lowest BCUT2D eigenvalue weighted by molar-refractivity contribution is 0.284. The monoisotopic (exact) mass is 236 g/mol. The number of hydrogen-bond donors (Lipinski definition) is 2. The predicted molar refractivity (Wildman–Crippen MR) is 74.7 cm³/mol. The number of likely N-dealkylation sites (N-methyl/N-ethyl adjacent to an activating group) is 1. The van der Waals surface area contributed by atoms with Crippen LogP contribution in [0, 0.1) is 0 Å². The van der Waals surface area contributed by atoms with Crippen LogP contribution in [0.3, 0.4) is 0 Å². The Morgan fingerprint density at radius 1 is 1.24 bits per heavy atom. The summed E-state index contributed by atoms with van der Waals surface area (Å²) in [6, 6.07) is 2.68. The van der Waals surface area contributed by atoms with Crippen molar-refractivity contribution in [2.45, 2.75) is 26.8 Å². The highest BCUT2D eigenvalue weighted by Crippen LogP contribution is 2.12. The number of anilines is 2. The van der Waals surface area contributed by atoms with Crippen molar-refractivity contribution in [3.8, 4) is 0 Å². The molecule has 0 spiro atoms. The molecule has 0 aliphatic rings. The molecule has 1 aromatic rings. The highest BCUT2D eigenvalue weighted by molar-refractivity contribution is 5.53. The average Bonchev–Trinajstić information content (AvgIpc) is 2.29. The molecule has 0 aliphatic carbocycles. The van der Waals surface area contributed by atoms with E-state index in [2.05, 4.69) is 54.4 Å². The Kier molecular flexibility index (Phi) is 5.77. The molecule has 1 aromatic heterocycles. The van der Waals surface area contributed by atoms with Gasteiger partial charge in [-0.3, -0.25) is 4.98 Å². The lowest BCUT2D eigenvalue weighted by atomic mass is 10.3. The Hall–Kier alpha value is -1.29. The highest BCUT2D eigenvalue weighted by atomic mass is 15.1. The number of nitrogens with zero attached hydrogens (tertiary/aromatic N) is 2. The fourth-order valence-electron chi connectivity index (χ4n) is 1.47. The van der Waals surface area contributed by atoms with Crippen LogP contribution >= 0.6 is 0 Å². The summed E-state index contributed by atoms with van der Waals surface area (Å²) in [6.45, 7) is 9.37. The molecule has 0 aliphatic heterocycles. The van der Waals surface area contributed by atoms with E-state index in [1.807, 2.05) is 12.4 Å².